The van der Waals surface area contributed by atoms with Gasteiger partial charge in [-0.2, -0.15) is 5.10 Å². The van der Waals surface area contributed by atoms with Crippen LogP contribution in [0.5, 0.6) is 11.5 Å². The van der Waals surface area contributed by atoms with E-state index in [0.29, 0.717) is 11.2 Å². The van der Waals surface area contributed by atoms with Crippen LogP contribution >= 0.6 is 0 Å². The number of ketones is 1. The smallest absolute Gasteiger partial charge is 0.335 e. The van der Waals surface area contributed by atoms with Crippen molar-refractivity contribution in [2.75, 3.05) is 29.9 Å². The van der Waals surface area contributed by atoms with Gasteiger partial charge in [0.05, 0.1) is 36.9 Å². The van der Waals surface area contributed by atoms with Gasteiger partial charge in [-0.15, -0.1) is 0 Å². The Morgan fingerprint density at radius 2 is 1.78 bits per heavy atom. The minimum atomic E-state index is -2.81. The number of hydrogen-bond donors (Lipinski definition) is 1. The molecule has 6 rings (SSSR count). The molecule has 10 nitrogen and oxygen atoms in total. The maximum Gasteiger partial charge on any atom is 0.335 e. The lowest BCUT2D eigenvalue weighted by molar-refractivity contribution is 0.0257. The summed E-state index contributed by atoms with van der Waals surface area (Å²) in [6.07, 6.45) is 4.00. The van der Waals surface area contributed by atoms with E-state index in [0.717, 1.165) is 22.8 Å². The molecule has 232 valence electrons. The predicted molar refractivity (Wildman–Crippen MR) is 158 cm³/mol. The van der Waals surface area contributed by atoms with Gasteiger partial charge in [-0.1, -0.05) is 0 Å². The highest BCUT2D eigenvalue weighted by Gasteiger charge is 2.38. The van der Waals surface area contributed by atoms with E-state index < -0.39 is 47.7 Å². The molecule has 5 aromatic rings. The molecule has 1 saturated heterocycles. The number of carbonyl (C=O) groups excluding carboxylic acids is 1. The number of aromatic nitrogens is 4. The Morgan fingerprint density at radius 3 is 2.47 bits per heavy atom. The fourth-order valence-electron chi connectivity index (χ4n) is 5.12. The average Bonchev–Trinajstić information content (AvgIpc) is 3.64. The molecule has 1 fully saturated rings. The number of nitrogens with zero attached hydrogens (tertiary/aromatic N) is 5. The molecule has 0 radical (unpaired) electrons. The second-order valence-electron chi connectivity index (χ2n) is 10.5. The largest absolute Gasteiger partial charge is 0.452 e. The molecule has 45 heavy (non-hydrogen) atoms. The molecule has 0 bridgehead atoms. The number of fused-ring (bicyclic) bond motifs is 1. The van der Waals surface area contributed by atoms with Crippen LogP contribution < -0.4 is 26.2 Å². The summed E-state index contributed by atoms with van der Waals surface area (Å²) in [5.41, 5.74) is -0.587. The van der Waals surface area contributed by atoms with Gasteiger partial charge >= 0.3 is 5.69 Å². The van der Waals surface area contributed by atoms with Gasteiger partial charge in [0.25, 0.3) is 11.5 Å². The van der Waals surface area contributed by atoms with Gasteiger partial charge in [-0.25, -0.2) is 31.4 Å². The molecule has 0 spiro atoms. The molecular formula is C31H26F4N6O4. The number of Topliss-reactive ketones (excluding diaryl/α,β-unsaturated/α-hetero) is 1. The predicted octanol–water partition coefficient (Wildman–Crippen LogP) is 4.88. The van der Waals surface area contributed by atoms with Gasteiger partial charge in [0.15, 0.2) is 23.1 Å². The maximum atomic E-state index is 15.2. The van der Waals surface area contributed by atoms with E-state index in [-0.39, 0.29) is 47.9 Å². The second kappa shape index (κ2) is 11.6. The highest BCUT2D eigenvalue weighted by Crippen LogP contribution is 2.36. The number of nitrogens with one attached hydrogen (secondary N) is 1. The molecule has 0 amide bonds. The van der Waals surface area contributed by atoms with Crippen molar-refractivity contribution >= 4 is 22.7 Å². The van der Waals surface area contributed by atoms with E-state index in [1.807, 2.05) is 0 Å². The standard InChI is InChI=1S/C31H26F4N6O4/c1-2-38-17-23(29(43)41(30(38)44)21-6-3-19(32)4-7-21)26(42)15-36-20-5-8-27(24(33)13-20)45-28-14-22(16-40-25(28)9-11-37-40)39-12-10-31(34,35)18-39/h3-9,11,13-14,16-17,36H,2,10,12,15,18H2,1H3. The monoisotopic (exact) mass is 622 g/mol. The zero-order valence-electron chi connectivity index (χ0n) is 23.8. The van der Waals surface area contributed by atoms with Crippen molar-refractivity contribution in [3.8, 4) is 17.2 Å². The quantitative estimate of drug-likeness (QED) is 0.185. The molecule has 0 aliphatic carbocycles. The number of halogens is 4. The Labute approximate surface area is 252 Å². The molecule has 14 heteroatoms. The van der Waals surface area contributed by atoms with Gasteiger partial charge in [0.1, 0.15) is 16.9 Å². The number of carbonyl (C=O) groups is 1. The third-order valence-corrected chi connectivity index (χ3v) is 7.48. The average molecular weight is 623 g/mol. The molecule has 1 aliphatic heterocycles. The first-order valence-corrected chi connectivity index (χ1v) is 14.0. The summed E-state index contributed by atoms with van der Waals surface area (Å²) < 4.78 is 65.6. The third kappa shape index (κ3) is 5.90. The molecule has 0 saturated carbocycles. The van der Waals surface area contributed by atoms with E-state index in [1.54, 1.807) is 25.3 Å². The fourth-order valence-corrected chi connectivity index (χ4v) is 5.12. The third-order valence-electron chi connectivity index (χ3n) is 7.48. The van der Waals surface area contributed by atoms with Gasteiger partial charge in [-0.3, -0.25) is 14.2 Å². The fraction of sp³-hybridized carbons (Fsp3) is 0.226. The number of aryl methyl sites for hydroxylation is 1. The number of pyridine rings is 1. The summed E-state index contributed by atoms with van der Waals surface area (Å²) >= 11 is 0. The van der Waals surface area contributed by atoms with Crippen LogP contribution in [0.25, 0.3) is 11.2 Å². The summed E-state index contributed by atoms with van der Waals surface area (Å²) in [4.78, 5) is 40.6. The summed E-state index contributed by atoms with van der Waals surface area (Å²) in [5.74, 6) is -4.76. The van der Waals surface area contributed by atoms with Crippen LogP contribution in [-0.4, -0.2) is 50.1 Å². The first kappa shape index (κ1) is 29.7. The number of ether oxygens (including phenoxy) is 1. The van der Waals surface area contributed by atoms with Crippen molar-refractivity contribution in [1.29, 1.82) is 0 Å². The molecule has 4 heterocycles. The Kier molecular flexibility index (Phi) is 7.64. The number of rotatable bonds is 9. The number of anilines is 2. The molecule has 2 aromatic carbocycles. The van der Waals surface area contributed by atoms with Crippen LogP contribution in [0.1, 0.15) is 23.7 Å². The first-order valence-electron chi connectivity index (χ1n) is 14.0. The van der Waals surface area contributed by atoms with E-state index in [1.165, 1.54) is 50.6 Å². The second-order valence-corrected chi connectivity index (χ2v) is 10.5. The molecular weight excluding hydrogens is 596 g/mol. The lowest BCUT2D eigenvalue weighted by Crippen LogP contribution is -2.41. The Morgan fingerprint density at radius 1 is 1.00 bits per heavy atom. The van der Waals surface area contributed by atoms with Crippen LogP contribution in [0.3, 0.4) is 0 Å². The number of alkyl halides is 2. The van der Waals surface area contributed by atoms with Gasteiger partial charge in [-0.05, 0) is 49.4 Å². The van der Waals surface area contributed by atoms with Crippen molar-refractivity contribution in [3.05, 3.63) is 111 Å². The topological polar surface area (TPSA) is 103 Å². The lowest BCUT2D eigenvalue weighted by atomic mass is 10.2. The van der Waals surface area contributed by atoms with Gasteiger partial charge in [0, 0.05) is 43.5 Å². The van der Waals surface area contributed by atoms with Crippen molar-refractivity contribution in [2.24, 2.45) is 0 Å². The lowest BCUT2D eigenvalue weighted by Gasteiger charge is -2.20. The van der Waals surface area contributed by atoms with Crippen molar-refractivity contribution < 1.29 is 27.1 Å². The molecule has 1 N–H and O–H groups in total. The van der Waals surface area contributed by atoms with Crippen molar-refractivity contribution in [1.82, 2.24) is 18.7 Å². The van der Waals surface area contributed by atoms with E-state index in [4.69, 9.17) is 4.74 Å². The van der Waals surface area contributed by atoms with Crippen LogP contribution in [0.4, 0.5) is 28.9 Å². The molecule has 3 aromatic heterocycles. The Balaban J connectivity index is 1.21. The summed E-state index contributed by atoms with van der Waals surface area (Å²) in [6.45, 7) is 1.12. The Bertz CT molecular complexity index is 2040. The zero-order chi connectivity index (χ0) is 31.9. The first-order chi connectivity index (χ1) is 21.5. The van der Waals surface area contributed by atoms with E-state index in [9.17, 15) is 27.6 Å². The van der Waals surface area contributed by atoms with Crippen LogP contribution in [0.2, 0.25) is 0 Å². The number of benzene rings is 2. The van der Waals surface area contributed by atoms with E-state index in [2.05, 4.69) is 10.4 Å². The van der Waals surface area contributed by atoms with Crippen LogP contribution in [0, 0.1) is 11.6 Å². The Hall–Kier alpha value is -5.40. The van der Waals surface area contributed by atoms with Crippen LogP contribution in [-0.2, 0) is 6.54 Å². The normalized spacial score (nSPS) is 14.2. The van der Waals surface area contributed by atoms with Crippen molar-refractivity contribution in [3.63, 3.8) is 0 Å². The van der Waals surface area contributed by atoms with Gasteiger partial charge < -0.3 is 15.0 Å². The summed E-state index contributed by atoms with van der Waals surface area (Å²) in [7, 11) is 0. The van der Waals surface area contributed by atoms with Crippen molar-refractivity contribution in [2.45, 2.75) is 25.8 Å². The van der Waals surface area contributed by atoms with Gasteiger partial charge in [0.2, 0.25) is 0 Å². The summed E-state index contributed by atoms with van der Waals surface area (Å²) in [5, 5.41) is 6.95. The molecule has 0 atom stereocenters. The molecule has 1 aliphatic rings. The molecule has 0 unspecified atom stereocenters. The highest BCUT2D eigenvalue weighted by molar-refractivity contribution is 5.98. The minimum absolute atomic E-state index is 0.103. The minimum Gasteiger partial charge on any atom is -0.452 e. The SMILES string of the molecule is CCn1cc(C(=O)CNc2ccc(Oc3cc(N4CCC(F)(F)C4)cn4nccc34)c(F)c2)c(=O)n(-c2ccc(F)cc2)c1=O. The maximum absolute atomic E-state index is 15.2. The highest BCUT2D eigenvalue weighted by atomic mass is 19.3. The van der Waals surface area contributed by atoms with Crippen LogP contribution in [0.15, 0.2) is 82.8 Å². The zero-order valence-corrected chi connectivity index (χ0v) is 23.8. The number of hydrogen-bond acceptors (Lipinski definition) is 7. The van der Waals surface area contributed by atoms with E-state index >= 15 is 4.39 Å². The summed E-state index contributed by atoms with van der Waals surface area (Å²) in [6, 6.07) is 11.8.